The van der Waals surface area contributed by atoms with Gasteiger partial charge in [-0.1, -0.05) is 6.07 Å². The number of carbonyl (C=O) groups excluding carboxylic acids is 1. The van der Waals surface area contributed by atoms with Crippen molar-refractivity contribution in [2.45, 2.75) is 38.8 Å². The van der Waals surface area contributed by atoms with Crippen LogP contribution in [0.25, 0.3) is 22.0 Å². The smallest absolute Gasteiger partial charge is 0.250 e. The van der Waals surface area contributed by atoms with E-state index in [0.29, 0.717) is 18.7 Å². The molecule has 0 unspecified atom stereocenters. The molecule has 1 saturated heterocycles. The maximum Gasteiger partial charge on any atom is 0.250 e. The second-order valence-corrected chi connectivity index (χ2v) is 12.9. The summed E-state index contributed by atoms with van der Waals surface area (Å²) in [4.78, 5) is 20.1. The molecule has 3 aromatic rings. The van der Waals surface area contributed by atoms with E-state index in [0.717, 1.165) is 53.5 Å². The van der Waals surface area contributed by atoms with Crippen LogP contribution in [0.15, 0.2) is 36.5 Å². The van der Waals surface area contributed by atoms with Crippen molar-refractivity contribution in [3.63, 3.8) is 0 Å². The van der Waals surface area contributed by atoms with E-state index < -0.39 is 15.9 Å². The number of nitrogens with zero attached hydrogens (tertiary/aromatic N) is 3. The lowest BCUT2D eigenvalue weighted by molar-refractivity contribution is 0.100. The number of sulfonamides is 1. The summed E-state index contributed by atoms with van der Waals surface area (Å²) < 4.78 is 26.3. The number of nitrogens with one attached hydrogen (secondary N) is 1. The largest absolute Gasteiger partial charge is 0.366 e. The summed E-state index contributed by atoms with van der Waals surface area (Å²) >= 11 is 0. The standard InChI is InChI=1S/C28H39N5O3S/c1-6-37(35,36)33-9-7-21(8-10-33)26-16-30-27-24(26)14-23(15-25(27)28(29)34)22-12-19(17-31(2)3)11-20(13-22)18-32(4)5/h11-16,21,30H,6-10,17-18H2,1-5H3,(H2,29,34). The van der Waals surface area contributed by atoms with Gasteiger partial charge in [-0.15, -0.1) is 0 Å². The van der Waals surface area contributed by atoms with Crippen molar-refractivity contribution < 1.29 is 13.2 Å². The molecule has 200 valence electrons. The number of primary amides is 1. The van der Waals surface area contributed by atoms with Crippen LogP contribution in [0.3, 0.4) is 0 Å². The third-order valence-corrected chi connectivity index (χ3v) is 9.00. The number of carbonyl (C=O) groups is 1. The van der Waals surface area contributed by atoms with Gasteiger partial charge in [0.05, 0.1) is 16.8 Å². The zero-order valence-electron chi connectivity index (χ0n) is 22.5. The molecule has 0 atom stereocenters. The molecule has 1 aromatic heterocycles. The highest BCUT2D eigenvalue weighted by atomic mass is 32.2. The number of aromatic amines is 1. The van der Waals surface area contributed by atoms with Gasteiger partial charge in [0.25, 0.3) is 5.91 Å². The Morgan fingerprint density at radius 2 is 1.54 bits per heavy atom. The van der Waals surface area contributed by atoms with E-state index in [1.54, 1.807) is 11.2 Å². The van der Waals surface area contributed by atoms with Crippen molar-refractivity contribution in [1.82, 2.24) is 19.1 Å². The van der Waals surface area contributed by atoms with Crippen LogP contribution >= 0.6 is 0 Å². The number of nitrogens with two attached hydrogens (primary N) is 1. The zero-order valence-corrected chi connectivity index (χ0v) is 23.4. The van der Waals surface area contributed by atoms with Gasteiger partial charge in [0.15, 0.2) is 0 Å². The van der Waals surface area contributed by atoms with Gasteiger partial charge in [0.2, 0.25) is 10.0 Å². The molecule has 8 nitrogen and oxygen atoms in total. The molecule has 2 heterocycles. The van der Waals surface area contributed by atoms with Crippen LogP contribution in [-0.2, 0) is 23.1 Å². The molecule has 3 N–H and O–H groups in total. The second kappa shape index (κ2) is 10.9. The molecule has 4 rings (SSSR count). The minimum atomic E-state index is -3.18. The molecule has 0 radical (unpaired) electrons. The predicted molar refractivity (Wildman–Crippen MR) is 150 cm³/mol. The monoisotopic (exact) mass is 525 g/mol. The Morgan fingerprint density at radius 1 is 0.973 bits per heavy atom. The Morgan fingerprint density at radius 3 is 2.05 bits per heavy atom. The van der Waals surface area contributed by atoms with Crippen LogP contribution in [0.4, 0.5) is 0 Å². The number of fused-ring (bicyclic) bond motifs is 1. The molecule has 0 spiro atoms. The van der Waals surface area contributed by atoms with E-state index in [4.69, 9.17) is 5.73 Å². The molecular weight excluding hydrogens is 486 g/mol. The Bertz CT molecular complexity index is 1360. The third kappa shape index (κ3) is 6.06. The number of amides is 1. The van der Waals surface area contributed by atoms with Crippen LogP contribution in [0.2, 0.25) is 0 Å². The molecule has 1 amide bonds. The molecule has 0 bridgehead atoms. The summed E-state index contributed by atoms with van der Waals surface area (Å²) in [6, 6.07) is 10.6. The van der Waals surface area contributed by atoms with Crippen LogP contribution in [0, 0.1) is 0 Å². The second-order valence-electron chi connectivity index (χ2n) is 10.6. The van der Waals surface area contributed by atoms with Gasteiger partial charge < -0.3 is 20.5 Å². The van der Waals surface area contributed by atoms with E-state index >= 15 is 0 Å². The fraction of sp³-hybridized carbons (Fsp3) is 0.464. The van der Waals surface area contributed by atoms with Gasteiger partial charge in [-0.05, 0) is 106 Å². The van der Waals surface area contributed by atoms with Gasteiger partial charge in [-0.25, -0.2) is 12.7 Å². The Kier molecular flexibility index (Phi) is 8.08. The number of benzene rings is 2. The van der Waals surface area contributed by atoms with Crippen LogP contribution in [0.1, 0.15) is 52.7 Å². The number of rotatable bonds is 9. The van der Waals surface area contributed by atoms with Gasteiger partial charge in [-0.3, -0.25) is 4.79 Å². The lowest BCUT2D eigenvalue weighted by atomic mass is 9.88. The summed E-state index contributed by atoms with van der Waals surface area (Å²) in [5.74, 6) is -0.141. The molecule has 1 fully saturated rings. The number of aromatic nitrogens is 1. The highest BCUT2D eigenvalue weighted by molar-refractivity contribution is 7.89. The lowest BCUT2D eigenvalue weighted by Gasteiger charge is -2.31. The number of hydrogen-bond donors (Lipinski definition) is 2. The van der Waals surface area contributed by atoms with Crippen molar-refractivity contribution in [3.05, 3.63) is 58.8 Å². The summed E-state index contributed by atoms with van der Waals surface area (Å²) in [6.07, 6.45) is 3.46. The Balaban J connectivity index is 1.78. The van der Waals surface area contributed by atoms with Crippen molar-refractivity contribution in [3.8, 4) is 11.1 Å². The normalized spacial score (nSPS) is 15.8. The van der Waals surface area contributed by atoms with Crippen molar-refractivity contribution in [1.29, 1.82) is 0 Å². The number of hydrogen-bond acceptors (Lipinski definition) is 5. The summed E-state index contributed by atoms with van der Waals surface area (Å²) in [5.41, 5.74) is 12.6. The van der Waals surface area contributed by atoms with Gasteiger partial charge in [0.1, 0.15) is 0 Å². The minimum Gasteiger partial charge on any atom is -0.366 e. The SMILES string of the molecule is CCS(=O)(=O)N1CCC(c2c[nH]c3c(C(N)=O)cc(-c4cc(CN(C)C)cc(CN(C)C)c4)cc23)CC1. The first-order valence-corrected chi connectivity index (χ1v) is 14.4. The molecule has 2 aromatic carbocycles. The predicted octanol–water partition coefficient (Wildman–Crippen LogP) is 3.59. The van der Waals surface area contributed by atoms with Gasteiger partial charge >= 0.3 is 0 Å². The first-order chi connectivity index (χ1) is 17.5. The number of piperidine rings is 1. The number of H-pyrrole nitrogens is 1. The van der Waals surface area contributed by atoms with Crippen LogP contribution in [-0.4, -0.2) is 80.4 Å². The molecular formula is C28H39N5O3S. The molecule has 1 aliphatic rings. The van der Waals surface area contributed by atoms with Crippen molar-refractivity contribution in [2.75, 3.05) is 47.0 Å². The fourth-order valence-electron chi connectivity index (χ4n) is 5.42. The quantitative estimate of drug-likeness (QED) is 0.445. The van der Waals surface area contributed by atoms with E-state index in [1.807, 2.05) is 12.3 Å². The first kappa shape index (κ1) is 27.3. The summed E-state index contributed by atoms with van der Waals surface area (Å²) in [6.45, 7) is 4.33. The summed E-state index contributed by atoms with van der Waals surface area (Å²) in [7, 11) is 5.03. The van der Waals surface area contributed by atoms with E-state index in [-0.39, 0.29) is 11.7 Å². The lowest BCUT2D eigenvalue weighted by Crippen LogP contribution is -2.38. The van der Waals surface area contributed by atoms with Crippen LogP contribution < -0.4 is 5.73 Å². The highest BCUT2D eigenvalue weighted by Gasteiger charge is 2.29. The van der Waals surface area contributed by atoms with Crippen molar-refractivity contribution >= 4 is 26.8 Å². The fourth-order valence-corrected chi connectivity index (χ4v) is 6.55. The molecule has 37 heavy (non-hydrogen) atoms. The third-order valence-electron chi connectivity index (χ3n) is 7.12. The Labute approximate surface area is 220 Å². The minimum absolute atomic E-state index is 0.124. The Hall–Kier alpha value is -2.72. The van der Waals surface area contributed by atoms with E-state index in [9.17, 15) is 13.2 Å². The van der Waals surface area contributed by atoms with Gasteiger partial charge in [-0.2, -0.15) is 0 Å². The average Bonchev–Trinajstić information content (AvgIpc) is 3.26. The summed E-state index contributed by atoms with van der Waals surface area (Å²) in [5, 5.41) is 0.982. The zero-order chi connectivity index (χ0) is 26.9. The van der Waals surface area contributed by atoms with Crippen molar-refractivity contribution in [2.24, 2.45) is 5.73 Å². The maximum absolute atomic E-state index is 12.5. The van der Waals surface area contributed by atoms with Gasteiger partial charge in [0, 0.05) is 37.8 Å². The molecule has 0 aliphatic carbocycles. The molecule has 1 aliphatic heterocycles. The van der Waals surface area contributed by atoms with E-state index in [2.05, 4.69) is 67.2 Å². The average molecular weight is 526 g/mol. The first-order valence-electron chi connectivity index (χ1n) is 12.8. The molecule has 0 saturated carbocycles. The van der Waals surface area contributed by atoms with Crippen LogP contribution in [0.5, 0.6) is 0 Å². The highest BCUT2D eigenvalue weighted by Crippen LogP contribution is 2.37. The maximum atomic E-state index is 12.5. The topological polar surface area (TPSA) is 103 Å². The molecule has 9 heteroatoms. The van der Waals surface area contributed by atoms with E-state index in [1.165, 1.54) is 11.1 Å².